The summed E-state index contributed by atoms with van der Waals surface area (Å²) in [6.07, 6.45) is -0.625. The van der Waals surface area contributed by atoms with E-state index >= 15 is 0 Å². The fourth-order valence-corrected chi connectivity index (χ4v) is 5.41. The highest BCUT2D eigenvalue weighted by atomic mass is 32.2. The Balaban J connectivity index is 1.61. The number of nitrogens with one attached hydrogen (secondary N) is 2. The summed E-state index contributed by atoms with van der Waals surface area (Å²) in [6.45, 7) is 3.22. The molecule has 0 saturated carbocycles. The fraction of sp³-hybridized carbons (Fsp3) is 0.350. The topological polar surface area (TPSA) is 131 Å². The standard InChI is InChI=1S/C20H25N3O7S2/c1-2-30-20(24)22-17-5-9-18(10-6-17)31(25,26)21-15-16-3-7-19(8-4-16)32(27,28)23-11-13-29-14-12-23/h3-10,21H,2,11-15H2,1H3,(H,22,24). The number of anilines is 1. The number of carbonyl (C=O) groups is 1. The first-order chi connectivity index (χ1) is 15.2. The monoisotopic (exact) mass is 483 g/mol. The van der Waals surface area contributed by atoms with E-state index in [2.05, 4.69) is 10.0 Å². The number of hydrogen-bond acceptors (Lipinski definition) is 7. The van der Waals surface area contributed by atoms with Crippen LogP contribution in [0.15, 0.2) is 58.3 Å². The van der Waals surface area contributed by atoms with Crippen molar-refractivity contribution in [3.8, 4) is 0 Å². The Morgan fingerprint density at radius 2 is 1.56 bits per heavy atom. The third-order valence-corrected chi connectivity index (χ3v) is 8.01. The van der Waals surface area contributed by atoms with E-state index in [0.29, 0.717) is 37.6 Å². The van der Waals surface area contributed by atoms with Crippen molar-refractivity contribution in [3.63, 3.8) is 0 Å². The minimum absolute atomic E-state index is 0.0109. The van der Waals surface area contributed by atoms with Crippen molar-refractivity contribution < 1.29 is 31.1 Å². The van der Waals surface area contributed by atoms with Gasteiger partial charge in [-0.05, 0) is 48.9 Å². The van der Waals surface area contributed by atoms with Crippen molar-refractivity contribution in [2.24, 2.45) is 0 Å². The third kappa shape index (κ3) is 6.04. The van der Waals surface area contributed by atoms with Gasteiger partial charge in [-0.1, -0.05) is 12.1 Å². The van der Waals surface area contributed by atoms with Crippen LogP contribution in [0.5, 0.6) is 0 Å². The zero-order valence-corrected chi connectivity index (χ0v) is 19.1. The molecule has 1 amide bonds. The molecule has 2 N–H and O–H groups in total. The Labute approximate surface area is 187 Å². The smallest absolute Gasteiger partial charge is 0.411 e. The molecule has 32 heavy (non-hydrogen) atoms. The first kappa shape index (κ1) is 24.1. The second-order valence-corrected chi connectivity index (χ2v) is 10.6. The van der Waals surface area contributed by atoms with Gasteiger partial charge >= 0.3 is 6.09 Å². The predicted octanol–water partition coefficient (Wildman–Crippen LogP) is 1.75. The van der Waals surface area contributed by atoms with Gasteiger partial charge in [0.1, 0.15) is 0 Å². The van der Waals surface area contributed by atoms with Crippen LogP contribution in [0.3, 0.4) is 0 Å². The molecule has 0 radical (unpaired) electrons. The van der Waals surface area contributed by atoms with Crippen LogP contribution >= 0.6 is 0 Å². The van der Waals surface area contributed by atoms with Crippen molar-refractivity contribution in [1.29, 1.82) is 0 Å². The molecule has 10 nitrogen and oxygen atoms in total. The Bertz CT molecular complexity index is 1130. The summed E-state index contributed by atoms with van der Waals surface area (Å²) >= 11 is 0. The number of nitrogens with zero attached hydrogens (tertiary/aromatic N) is 1. The lowest BCUT2D eigenvalue weighted by Gasteiger charge is -2.26. The van der Waals surface area contributed by atoms with Crippen molar-refractivity contribution in [2.75, 3.05) is 38.2 Å². The first-order valence-electron chi connectivity index (χ1n) is 9.93. The maximum absolute atomic E-state index is 12.7. The molecule has 0 atom stereocenters. The van der Waals surface area contributed by atoms with E-state index < -0.39 is 26.1 Å². The van der Waals surface area contributed by atoms with Crippen LogP contribution in [0.2, 0.25) is 0 Å². The van der Waals surface area contributed by atoms with Gasteiger partial charge in [0.25, 0.3) is 0 Å². The molecule has 1 aliphatic heterocycles. The number of carbonyl (C=O) groups excluding carboxylic acids is 1. The highest BCUT2D eigenvalue weighted by Gasteiger charge is 2.26. The summed E-state index contributed by atoms with van der Waals surface area (Å²) in [5.41, 5.74) is 1.01. The number of rotatable bonds is 8. The molecule has 2 aromatic rings. The minimum Gasteiger partial charge on any atom is -0.450 e. The molecular formula is C20H25N3O7S2. The first-order valence-corrected chi connectivity index (χ1v) is 12.8. The van der Waals surface area contributed by atoms with Crippen LogP contribution in [-0.2, 0) is 36.1 Å². The van der Waals surface area contributed by atoms with Gasteiger partial charge in [-0.2, -0.15) is 4.31 Å². The summed E-state index contributed by atoms with van der Waals surface area (Å²) in [5, 5.41) is 2.48. The van der Waals surface area contributed by atoms with Crippen molar-refractivity contribution in [2.45, 2.75) is 23.3 Å². The Morgan fingerprint density at radius 3 is 2.16 bits per heavy atom. The van der Waals surface area contributed by atoms with E-state index in [4.69, 9.17) is 9.47 Å². The van der Waals surface area contributed by atoms with Gasteiger partial charge in [-0.25, -0.2) is 26.4 Å². The number of sulfonamides is 2. The highest BCUT2D eigenvalue weighted by Crippen LogP contribution is 2.19. The molecule has 0 aliphatic carbocycles. The van der Waals surface area contributed by atoms with Crippen LogP contribution < -0.4 is 10.0 Å². The van der Waals surface area contributed by atoms with Crippen LogP contribution in [0, 0.1) is 0 Å². The summed E-state index contributed by atoms with van der Waals surface area (Å²) in [7, 11) is -7.41. The van der Waals surface area contributed by atoms with Crippen molar-refractivity contribution in [1.82, 2.24) is 9.03 Å². The molecule has 1 aliphatic rings. The highest BCUT2D eigenvalue weighted by molar-refractivity contribution is 7.89. The third-order valence-electron chi connectivity index (χ3n) is 4.68. The van der Waals surface area contributed by atoms with E-state index in [1.54, 1.807) is 19.1 Å². The lowest BCUT2D eigenvalue weighted by molar-refractivity contribution is 0.0730. The van der Waals surface area contributed by atoms with E-state index in [9.17, 15) is 21.6 Å². The minimum atomic E-state index is -3.80. The Morgan fingerprint density at radius 1 is 0.969 bits per heavy atom. The zero-order valence-electron chi connectivity index (χ0n) is 17.5. The van der Waals surface area contributed by atoms with Crippen LogP contribution in [0.25, 0.3) is 0 Å². The molecule has 0 aromatic heterocycles. The fourth-order valence-electron chi connectivity index (χ4n) is 2.98. The quantitative estimate of drug-likeness (QED) is 0.585. The molecule has 1 heterocycles. The molecule has 0 bridgehead atoms. The van der Waals surface area contributed by atoms with E-state index in [1.807, 2.05) is 0 Å². The summed E-state index contributed by atoms with van der Waals surface area (Å²) < 4.78 is 64.2. The molecule has 174 valence electrons. The van der Waals surface area contributed by atoms with Gasteiger partial charge in [-0.3, -0.25) is 5.32 Å². The largest absolute Gasteiger partial charge is 0.450 e. The van der Waals surface area contributed by atoms with Gasteiger partial charge in [0.15, 0.2) is 0 Å². The second kappa shape index (κ2) is 10.4. The predicted molar refractivity (Wildman–Crippen MR) is 117 cm³/mol. The van der Waals surface area contributed by atoms with Crippen molar-refractivity contribution in [3.05, 3.63) is 54.1 Å². The zero-order chi connectivity index (χ0) is 23.2. The molecular weight excluding hydrogens is 458 g/mol. The normalized spacial score (nSPS) is 15.3. The number of morpholine rings is 1. The Hall–Kier alpha value is -2.51. The van der Waals surface area contributed by atoms with Gasteiger partial charge in [0.2, 0.25) is 20.0 Å². The maximum Gasteiger partial charge on any atom is 0.411 e. The lowest BCUT2D eigenvalue weighted by atomic mass is 10.2. The van der Waals surface area contributed by atoms with Crippen LogP contribution in [-0.4, -0.2) is 60.1 Å². The summed E-state index contributed by atoms with van der Waals surface area (Å²) in [6, 6.07) is 11.7. The average molecular weight is 484 g/mol. The second-order valence-electron chi connectivity index (χ2n) is 6.85. The van der Waals surface area contributed by atoms with E-state index in [1.165, 1.54) is 40.7 Å². The number of benzene rings is 2. The van der Waals surface area contributed by atoms with Gasteiger partial charge < -0.3 is 9.47 Å². The summed E-state index contributed by atoms with van der Waals surface area (Å²) in [5.74, 6) is 0. The number of ether oxygens (including phenoxy) is 2. The molecule has 1 fully saturated rings. The van der Waals surface area contributed by atoms with Crippen LogP contribution in [0.4, 0.5) is 10.5 Å². The SMILES string of the molecule is CCOC(=O)Nc1ccc(S(=O)(=O)NCc2ccc(S(=O)(=O)N3CCOCC3)cc2)cc1. The van der Waals surface area contributed by atoms with Gasteiger partial charge in [0, 0.05) is 25.3 Å². The molecule has 0 spiro atoms. The van der Waals surface area contributed by atoms with Crippen molar-refractivity contribution >= 4 is 31.8 Å². The van der Waals surface area contributed by atoms with Crippen LogP contribution in [0.1, 0.15) is 12.5 Å². The molecule has 3 rings (SSSR count). The Kier molecular flexibility index (Phi) is 7.85. The molecule has 2 aromatic carbocycles. The molecule has 0 unspecified atom stereocenters. The van der Waals surface area contributed by atoms with E-state index in [-0.39, 0.29) is 22.9 Å². The van der Waals surface area contributed by atoms with Gasteiger partial charge in [0.05, 0.1) is 29.6 Å². The number of hydrogen-bond donors (Lipinski definition) is 2. The average Bonchev–Trinajstić information content (AvgIpc) is 2.79. The van der Waals surface area contributed by atoms with Gasteiger partial charge in [-0.15, -0.1) is 0 Å². The molecule has 1 saturated heterocycles. The maximum atomic E-state index is 12.7. The van der Waals surface area contributed by atoms with E-state index in [0.717, 1.165) is 0 Å². The lowest BCUT2D eigenvalue weighted by Crippen LogP contribution is -2.40. The molecule has 12 heteroatoms. The summed E-state index contributed by atoms with van der Waals surface area (Å²) in [4.78, 5) is 11.6. The number of amides is 1.